The van der Waals surface area contributed by atoms with Crippen LogP contribution in [0.15, 0.2) is 23.3 Å². The van der Waals surface area contributed by atoms with Crippen LogP contribution in [0.4, 0.5) is 5.82 Å². The number of anilines is 1. The summed E-state index contributed by atoms with van der Waals surface area (Å²) in [5, 5.41) is 13.7. The van der Waals surface area contributed by atoms with E-state index in [9.17, 15) is 5.26 Å². The molecule has 8 heteroatoms. The predicted molar refractivity (Wildman–Crippen MR) is 117 cm³/mol. The molecule has 0 aliphatic rings. The van der Waals surface area contributed by atoms with Crippen LogP contribution in [0.1, 0.15) is 35.7 Å². The van der Waals surface area contributed by atoms with E-state index in [2.05, 4.69) is 51.1 Å². The summed E-state index contributed by atoms with van der Waals surface area (Å²) in [4.78, 5) is 4.37. The van der Waals surface area contributed by atoms with E-state index in [4.69, 9.17) is 14.2 Å². The van der Waals surface area contributed by atoms with Crippen LogP contribution >= 0.6 is 22.6 Å². The summed E-state index contributed by atoms with van der Waals surface area (Å²) in [5.74, 6) is 1.78. The normalized spacial score (nSPS) is 10.7. The highest BCUT2D eigenvalue weighted by Crippen LogP contribution is 2.33. The molecule has 0 spiro atoms. The molecule has 0 saturated heterocycles. The van der Waals surface area contributed by atoms with Gasteiger partial charge in [0, 0.05) is 18.4 Å². The molecular weight excluding hydrogens is 471 g/mol. The molecule has 1 heterocycles. The summed E-state index contributed by atoms with van der Waals surface area (Å²) in [5.41, 5.74) is 5.66. The number of hydrogen-bond acceptors (Lipinski definition) is 7. The smallest absolute Gasteiger partial charge is 0.174 e. The lowest BCUT2D eigenvalue weighted by Crippen LogP contribution is -2.04. The van der Waals surface area contributed by atoms with Crippen molar-refractivity contribution in [2.24, 2.45) is 5.10 Å². The van der Waals surface area contributed by atoms with Crippen molar-refractivity contribution in [3.8, 4) is 17.6 Å². The van der Waals surface area contributed by atoms with Crippen LogP contribution in [0.2, 0.25) is 0 Å². The van der Waals surface area contributed by atoms with Crippen LogP contribution < -0.4 is 14.9 Å². The number of pyridine rings is 1. The van der Waals surface area contributed by atoms with E-state index in [0.717, 1.165) is 32.6 Å². The molecule has 1 aromatic carbocycles. The van der Waals surface area contributed by atoms with Crippen molar-refractivity contribution in [3.05, 3.63) is 44.2 Å². The number of hydrazone groups is 1. The average Bonchev–Trinajstić information content (AvgIpc) is 2.67. The molecule has 2 aromatic rings. The van der Waals surface area contributed by atoms with Crippen LogP contribution in [-0.2, 0) is 11.3 Å². The van der Waals surface area contributed by atoms with Crippen molar-refractivity contribution in [3.63, 3.8) is 0 Å². The van der Waals surface area contributed by atoms with Gasteiger partial charge in [0.05, 0.1) is 30.1 Å². The molecule has 0 unspecified atom stereocenters. The minimum absolute atomic E-state index is 0.333. The summed E-state index contributed by atoms with van der Waals surface area (Å²) in [6.07, 6.45) is 2.57. The van der Waals surface area contributed by atoms with Gasteiger partial charge in [0.25, 0.3) is 0 Å². The van der Waals surface area contributed by atoms with Crippen molar-refractivity contribution in [2.75, 3.05) is 26.3 Å². The molecule has 0 bridgehead atoms. The average molecular weight is 494 g/mol. The first-order valence-electron chi connectivity index (χ1n) is 8.73. The Morgan fingerprint density at radius 1 is 1.32 bits per heavy atom. The number of aryl methyl sites for hydroxylation is 1. The lowest BCUT2D eigenvalue weighted by atomic mass is 10.1. The van der Waals surface area contributed by atoms with Crippen LogP contribution in [0.25, 0.3) is 0 Å². The number of halogens is 1. The first-order chi connectivity index (χ1) is 13.5. The maximum absolute atomic E-state index is 9.47. The van der Waals surface area contributed by atoms with Gasteiger partial charge in [-0.1, -0.05) is 6.92 Å². The fourth-order valence-electron chi connectivity index (χ4n) is 2.54. The molecule has 0 aliphatic heterocycles. The number of nitriles is 1. The van der Waals surface area contributed by atoms with E-state index in [1.165, 1.54) is 0 Å². The Kier molecular flexibility index (Phi) is 8.47. The summed E-state index contributed by atoms with van der Waals surface area (Å²) in [7, 11) is 3.20. The summed E-state index contributed by atoms with van der Waals surface area (Å²) in [6.45, 7) is 4.87. The van der Waals surface area contributed by atoms with Gasteiger partial charge in [-0.3, -0.25) is 5.43 Å². The number of nitrogens with one attached hydrogen (secondary N) is 1. The molecule has 1 aromatic heterocycles. The summed E-state index contributed by atoms with van der Waals surface area (Å²) in [6, 6.07) is 7.79. The number of nitrogens with zero attached hydrogens (tertiary/aromatic N) is 3. The first kappa shape index (κ1) is 21.9. The lowest BCUT2D eigenvalue weighted by molar-refractivity contribution is 0.184. The van der Waals surface area contributed by atoms with Crippen LogP contribution in [-0.4, -0.2) is 32.0 Å². The highest BCUT2D eigenvalue weighted by atomic mass is 127. The molecule has 1 N–H and O–H groups in total. The predicted octanol–water partition coefficient (Wildman–Crippen LogP) is 4.26. The second kappa shape index (κ2) is 10.8. The molecule has 28 heavy (non-hydrogen) atoms. The molecule has 148 valence electrons. The van der Waals surface area contributed by atoms with E-state index < -0.39 is 0 Å². The Labute approximate surface area is 178 Å². The molecular formula is C20H23IN4O3. The molecule has 0 atom stereocenters. The largest absolute Gasteiger partial charge is 0.493 e. The van der Waals surface area contributed by atoms with Gasteiger partial charge in [-0.25, -0.2) is 4.98 Å². The second-order valence-electron chi connectivity index (χ2n) is 5.94. The molecule has 0 saturated carbocycles. The van der Waals surface area contributed by atoms with Gasteiger partial charge >= 0.3 is 0 Å². The van der Waals surface area contributed by atoms with Gasteiger partial charge in [-0.2, -0.15) is 10.4 Å². The minimum Gasteiger partial charge on any atom is -0.493 e. The Morgan fingerprint density at radius 2 is 2.11 bits per heavy atom. The van der Waals surface area contributed by atoms with E-state index in [0.29, 0.717) is 30.3 Å². The van der Waals surface area contributed by atoms with Gasteiger partial charge in [0.2, 0.25) is 0 Å². The highest BCUT2D eigenvalue weighted by molar-refractivity contribution is 14.1. The van der Waals surface area contributed by atoms with E-state index in [-0.39, 0.29) is 0 Å². The molecule has 7 nitrogen and oxygen atoms in total. The molecule has 0 radical (unpaired) electrons. The number of hydrogen-bond donors (Lipinski definition) is 1. The first-order valence-corrected chi connectivity index (χ1v) is 9.80. The topological polar surface area (TPSA) is 88.8 Å². The zero-order valence-corrected chi connectivity index (χ0v) is 18.5. The number of rotatable bonds is 9. The maximum Gasteiger partial charge on any atom is 0.174 e. The van der Waals surface area contributed by atoms with E-state index in [1.54, 1.807) is 20.4 Å². The molecule has 2 rings (SSSR count). The fourth-order valence-corrected chi connectivity index (χ4v) is 3.32. The molecule has 0 amide bonds. The van der Waals surface area contributed by atoms with Gasteiger partial charge in [-0.15, -0.1) is 0 Å². The Balaban J connectivity index is 2.26. The van der Waals surface area contributed by atoms with Crippen molar-refractivity contribution in [2.45, 2.75) is 26.9 Å². The Hall–Kier alpha value is -2.38. The Bertz CT molecular complexity index is 894. The zero-order chi connectivity index (χ0) is 20.5. The quantitative estimate of drug-likeness (QED) is 0.319. The monoisotopic (exact) mass is 494 g/mol. The van der Waals surface area contributed by atoms with Gasteiger partial charge in [-0.05, 0) is 59.7 Å². The summed E-state index contributed by atoms with van der Waals surface area (Å²) < 4.78 is 17.3. The standard InChI is InChI=1S/C20H23IN4O3/c1-5-6-28-19-17(21)8-14(9-18(19)27-4)11-23-25-20-16(10-22)15(12-26-3)7-13(2)24-20/h7-9,11H,5-6,12H2,1-4H3,(H,24,25)/b23-11+. The van der Waals surface area contributed by atoms with E-state index in [1.807, 2.05) is 25.1 Å². The number of aromatic nitrogens is 1. The van der Waals surface area contributed by atoms with E-state index >= 15 is 0 Å². The summed E-state index contributed by atoms with van der Waals surface area (Å²) >= 11 is 2.21. The van der Waals surface area contributed by atoms with Gasteiger partial charge < -0.3 is 14.2 Å². The van der Waals surface area contributed by atoms with Crippen molar-refractivity contribution >= 4 is 34.6 Å². The number of ether oxygens (including phenoxy) is 3. The SMILES string of the molecule is CCCOc1c(I)cc(/C=N/Nc2nc(C)cc(COC)c2C#N)cc1OC. The Morgan fingerprint density at radius 3 is 2.75 bits per heavy atom. The highest BCUT2D eigenvalue weighted by Gasteiger charge is 2.12. The maximum atomic E-state index is 9.47. The van der Waals surface area contributed by atoms with Crippen LogP contribution in [0, 0.1) is 21.8 Å². The third kappa shape index (κ3) is 5.56. The van der Waals surface area contributed by atoms with Crippen molar-refractivity contribution in [1.82, 2.24) is 4.98 Å². The van der Waals surface area contributed by atoms with Crippen LogP contribution in [0.3, 0.4) is 0 Å². The lowest BCUT2D eigenvalue weighted by Gasteiger charge is -2.13. The second-order valence-corrected chi connectivity index (χ2v) is 7.11. The third-order valence-electron chi connectivity index (χ3n) is 3.73. The number of methoxy groups -OCH3 is 2. The third-order valence-corrected chi connectivity index (χ3v) is 4.53. The van der Waals surface area contributed by atoms with Crippen molar-refractivity contribution in [1.29, 1.82) is 5.26 Å². The number of benzene rings is 1. The van der Waals surface area contributed by atoms with Crippen molar-refractivity contribution < 1.29 is 14.2 Å². The molecule has 0 aliphatic carbocycles. The zero-order valence-electron chi connectivity index (χ0n) is 16.4. The van der Waals surface area contributed by atoms with Crippen LogP contribution in [0.5, 0.6) is 11.5 Å². The van der Waals surface area contributed by atoms with Gasteiger partial charge in [0.1, 0.15) is 11.6 Å². The fraction of sp³-hybridized carbons (Fsp3) is 0.350. The van der Waals surface area contributed by atoms with Gasteiger partial charge in [0.15, 0.2) is 17.3 Å². The minimum atomic E-state index is 0.333. The molecule has 0 fully saturated rings.